The Bertz CT molecular complexity index is 758. The van der Waals surface area contributed by atoms with Gasteiger partial charge in [-0.25, -0.2) is 0 Å². The molecule has 1 aromatic carbocycles. The third-order valence-corrected chi connectivity index (χ3v) is 5.60. The molecule has 0 unspecified atom stereocenters. The molecule has 2 aliphatic heterocycles. The number of hydrogen-bond acceptors (Lipinski definition) is 12. The molecule has 12 nitrogen and oxygen atoms in total. The molecular weight excluding hydrogens is 430 g/mol. The topological polar surface area (TPSA) is 198 Å². The molecule has 1 aromatic rings. The molecule has 2 aliphatic rings. The lowest BCUT2D eigenvalue weighted by molar-refractivity contribution is -0.340. The molecular formula is C20H29NO11. The third-order valence-electron chi connectivity index (χ3n) is 5.60. The van der Waals surface area contributed by atoms with Crippen molar-refractivity contribution in [1.82, 2.24) is 0 Å². The van der Waals surface area contributed by atoms with Crippen LogP contribution in [-0.4, -0.2) is 116 Å². The van der Waals surface area contributed by atoms with Gasteiger partial charge in [-0.15, -0.1) is 0 Å². The second-order valence-corrected chi connectivity index (χ2v) is 7.83. The van der Waals surface area contributed by atoms with Gasteiger partial charge in [0.25, 0.3) is 0 Å². The fraction of sp³-hybridized carbons (Fsp3) is 0.650. The highest BCUT2D eigenvalue weighted by atomic mass is 16.7. The van der Waals surface area contributed by atoms with Gasteiger partial charge in [0.15, 0.2) is 18.3 Å². The van der Waals surface area contributed by atoms with Crippen molar-refractivity contribution in [1.29, 1.82) is 0 Å². The van der Waals surface area contributed by atoms with Crippen molar-refractivity contribution < 1.29 is 54.8 Å². The van der Waals surface area contributed by atoms with Crippen LogP contribution in [0.2, 0.25) is 0 Å². The van der Waals surface area contributed by atoms with E-state index in [0.717, 1.165) is 0 Å². The maximum absolute atomic E-state index is 11.4. The number of anilines is 1. The van der Waals surface area contributed by atoms with Crippen molar-refractivity contribution in [2.45, 2.75) is 68.3 Å². The predicted octanol–water partition coefficient (Wildman–Crippen LogP) is -3.07. The average molecular weight is 459 g/mol. The van der Waals surface area contributed by atoms with Crippen molar-refractivity contribution >= 4 is 11.5 Å². The molecule has 2 fully saturated rings. The Labute approximate surface area is 183 Å². The SMILES string of the molecule is CC(=O)c1ccc(N[C@H]2O[C@@H](CO)[C@@H](O[C@H]3O[C@@H](CO)[C@@H](O)[C@@H](O)[C@H]3O)[C@@H](O)[C@@H]2O)cc1. The van der Waals surface area contributed by atoms with Gasteiger partial charge in [0.05, 0.1) is 13.2 Å². The van der Waals surface area contributed by atoms with E-state index in [2.05, 4.69) is 5.32 Å². The van der Waals surface area contributed by atoms with Gasteiger partial charge < -0.3 is 55.3 Å². The summed E-state index contributed by atoms with van der Waals surface area (Å²) < 4.78 is 16.4. The number of hydrogen-bond donors (Lipinski definition) is 8. The molecule has 0 aromatic heterocycles. The van der Waals surface area contributed by atoms with Gasteiger partial charge in [0.2, 0.25) is 0 Å². The number of ether oxygens (including phenoxy) is 3. The summed E-state index contributed by atoms with van der Waals surface area (Å²) in [6, 6.07) is 6.32. The van der Waals surface area contributed by atoms with Crippen LogP contribution < -0.4 is 5.32 Å². The van der Waals surface area contributed by atoms with Crippen molar-refractivity contribution in [3.8, 4) is 0 Å². The summed E-state index contributed by atoms with van der Waals surface area (Å²) >= 11 is 0. The van der Waals surface area contributed by atoms with Gasteiger partial charge in [-0.3, -0.25) is 4.79 Å². The minimum Gasteiger partial charge on any atom is -0.394 e. The third kappa shape index (κ3) is 5.10. The van der Waals surface area contributed by atoms with E-state index in [1.807, 2.05) is 0 Å². The molecule has 12 heteroatoms. The van der Waals surface area contributed by atoms with Crippen LogP contribution in [0, 0.1) is 0 Å². The Balaban J connectivity index is 1.70. The van der Waals surface area contributed by atoms with E-state index in [0.29, 0.717) is 11.3 Å². The van der Waals surface area contributed by atoms with Crippen molar-refractivity contribution in [2.75, 3.05) is 18.5 Å². The Kier molecular flexibility index (Phi) is 8.16. The number of carbonyl (C=O) groups is 1. The van der Waals surface area contributed by atoms with E-state index in [4.69, 9.17) is 14.2 Å². The van der Waals surface area contributed by atoms with Crippen LogP contribution >= 0.6 is 0 Å². The highest BCUT2D eigenvalue weighted by molar-refractivity contribution is 5.94. The van der Waals surface area contributed by atoms with Crippen LogP contribution in [0.4, 0.5) is 5.69 Å². The van der Waals surface area contributed by atoms with E-state index in [1.165, 1.54) is 6.92 Å². The summed E-state index contributed by atoms with van der Waals surface area (Å²) in [6.07, 6.45) is -14.7. The van der Waals surface area contributed by atoms with Crippen molar-refractivity contribution in [3.63, 3.8) is 0 Å². The number of aliphatic hydroxyl groups is 7. The lowest BCUT2D eigenvalue weighted by Crippen LogP contribution is -2.65. The molecule has 0 saturated carbocycles. The summed E-state index contributed by atoms with van der Waals surface area (Å²) in [5.74, 6) is -0.116. The Morgan fingerprint density at radius 3 is 2.06 bits per heavy atom. The predicted molar refractivity (Wildman–Crippen MR) is 106 cm³/mol. The molecule has 2 heterocycles. The zero-order valence-corrected chi connectivity index (χ0v) is 17.3. The number of rotatable bonds is 7. The number of benzene rings is 1. The number of nitrogens with one attached hydrogen (secondary N) is 1. The van der Waals surface area contributed by atoms with Gasteiger partial charge in [-0.1, -0.05) is 0 Å². The molecule has 180 valence electrons. The molecule has 0 bridgehead atoms. The fourth-order valence-electron chi connectivity index (χ4n) is 3.67. The maximum atomic E-state index is 11.4. The maximum Gasteiger partial charge on any atom is 0.187 e. The van der Waals surface area contributed by atoms with E-state index in [-0.39, 0.29) is 5.78 Å². The van der Waals surface area contributed by atoms with Gasteiger partial charge in [0, 0.05) is 11.3 Å². The molecule has 3 rings (SSSR count). The average Bonchev–Trinajstić information content (AvgIpc) is 2.79. The smallest absolute Gasteiger partial charge is 0.187 e. The standard InChI is InChI=1S/C20H29NO11/c1-8(24)9-2-4-10(5-3-9)21-19-16(28)15(27)18(12(7-23)30-19)32-20-17(29)14(26)13(25)11(6-22)31-20/h2-5,11-23,25-29H,6-7H2,1H3/t11-,12-,13+,14+,15-,16-,17+,18+,19-,20+/m0/s1. The second kappa shape index (κ2) is 10.5. The molecule has 0 spiro atoms. The Morgan fingerprint density at radius 1 is 0.875 bits per heavy atom. The van der Waals surface area contributed by atoms with Gasteiger partial charge in [0.1, 0.15) is 48.8 Å². The molecule has 2 saturated heterocycles. The van der Waals surface area contributed by atoms with E-state index in [9.17, 15) is 40.5 Å². The Hall–Kier alpha value is -1.71. The minimum atomic E-state index is -1.73. The summed E-state index contributed by atoms with van der Waals surface area (Å²) in [5.41, 5.74) is 0.971. The zero-order valence-electron chi connectivity index (χ0n) is 17.3. The summed E-state index contributed by atoms with van der Waals surface area (Å²) in [4.78, 5) is 11.4. The lowest BCUT2D eigenvalue weighted by Gasteiger charge is -2.46. The van der Waals surface area contributed by atoms with Crippen molar-refractivity contribution in [3.05, 3.63) is 29.8 Å². The molecule has 10 atom stereocenters. The number of aliphatic hydroxyl groups excluding tert-OH is 7. The molecule has 8 N–H and O–H groups in total. The second-order valence-electron chi connectivity index (χ2n) is 7.83. The number of ketones is 1. The minimum absolute atomic E-state index is 0.116. The van der Waals surface area contributed by atoms with Crippen LogP contribution in [0.25, 0.3) is 0 Å². The van der Waals surface area contributed by atoms with Crippen LogP contribution in [-0.2, 0) is 14.2 Å². The van der Waals surface area contributed by atoms with Gasteiger partial charge >= 0.3 is 0 Å². The van der Waals surface area contributed by atoms with Crippen LogP contribution in [0.1, 0.15) is 17.3 Å². The van der Waals surface area contributed by atoms with Crippen LogP contribution in [0.15, 0.2) is 24.3 Å². The zero-order chi connectivity index (χ0) is 23.6. The summed E-state index contributed by atoms with van der Waals surface area (Å²) in [7, 11) is 0. The van der Waals surface area contributed by atoms with Gasteiger partial charge in [-0.2, -0.15) is 0 Å². The highest BCUT2D eigenvalue weighted by Crippen LogP contribution is 2.29. The largest absolute Gasteiger partial charge is 0.394 e. The van der Waals surface area contributed by atoms with Crippen LogP contribution in [0.5, 0.6) is 0 Å². The first-order valence-electron chi connectivity index (χ1n) is 10.1. The van der Waals surface area contributed by atoms with E-state index < -0.39 is 74.6 Å². The van der Waals surface area contributed by atoms with Crippen molar-refractivity contribution in [2.24, 2.45) is 0 Å². The number of carbonyl (C=O) groups excluding carboxylic acids is 1. The first kappa shape index (κ1) is 24.9. The Morgan fingerprint density at radius 2 is 1.50 bits per heavy atom. The van der Waals surface area contributed by atoms with Gasteiger partial charge in [-0.05, 0) is 31.2 Å². The first-order chi connectivity index (χ1) is 15.2. The van der Waals surface area contributed by atoms with E-state index in [1.54, 1.807) is 24.3 Å². The molecule has 0 aliphatic carbocycles. The molecule has 0 amide bonds. The summed E-state index contributed by atoms with van der Waals surface area (Å²) in [5, 5.41) is 72.9. The number of Topliss-reactive ketones (excluding diaryl/α,β-unsaturated/α-hetero) is 1. The summed E-state index contributed by atoms with van der Waals surface area (Å²) in [6.45, 7) is 0.122. The molecule has 0 radical (unpaired) electrons. The fourth-order valence-corrected chi connectivity index (χ4v) is 3.67. The lowest BCUT2D eigenvalue weighted by atomic mass is 9.96. The monoisotopic (exact) mass is 459 g/mol. The van der Waals surface area contributed by atoms with Crippen LogP contribution in [0.3, 0.4) is 0 Å². The quantitative estimate of drug-likeness (QED) is 0.192. The normalized spacial score (nSPS) is 40.1. The first-order valence-corrected chi connectivity index (χ1v) is 10.1. The highest BCUT2D eigenvalue weighted by Gasteiger charge is 2.50. The van der Waals surface area contributed by atoms with E-state index >= 15 is 0 Å². The molecule has 32 heavy (non-hydrogen) atoms.